The molecule has 0 radical (unpaired) electrons. The molecule has 0 aliphatic carbocycles. The standard InChI is InChI=1S/C24H29N7.HI/c1-3-25-24(26-15-9-14-22-28-19-12-7-8-13-20(19)29-22)31(2)17-23-27-16-21(30-23)18-10-5-4-6-11-18;/h4-8,10-13,16H,3,9,14-15,17H2,1-2H3,(H,25,26)(H,27,30)(H,28,29);1H. The molecule has 0 saturated heterocycles. The average Bonchev–Trinajstić information content (AvgIpc) is 3.43. The summed E-state index contributed by atoms with van der Waals surface area (Å²) < 4.78 is 0. The van der Waals surface area contributed by atoms with E-state index in [9.17, 15) is 0 Å². The molecule has 4 aromatic rings. The van der Waals surface area contributed by atoms with Gasteiger partial charge in [0, 0.05) is 26.6 Å². The number of guanidine groups is 1. The first-order valence-corrected chi connectivity index (χ1v) is 10.8. The Morgan fingerprint density at radius 1 is 1.03 bits per heavy atom. The van der Waals surface area contributed by atoms with E-state index in [1.165, 1.54) is 0 Å². The van der Waals surface area contributed by atoms with Crippen LogP contribution in [0.1, 0.15) is 25.0 Å². The Bertz CT molecular complexity index is 1100. The van der Waals surface area contributed by atoms with Crippen LogP contribution in [0.25, 0.3) is 22.3 Å². The van der Waals surface area contributed by atoms with Crippen molar-refractivity contribution >= 4 is 41.0 Å². The number of nitrogens with zero attached hydrogens (tertiary/aromatic N) is 4. The van der Waals surface area contributed by atoms with Gasteiger partial charge in [-0.3, -0.25) is 4.99 Å². The van der Waals surface area contributed by atoms with E-state index in [0.29, 0.717) is 6.54 Å². The number of aromatic nitrogens is 4. The molecule has 0 atom stereocenters. The van der Waals surface area contributed by atoms with Gasteiger partial charge in [-0.05, 0) is 31.0 Å². The molecule has 32 heavy (non-hydrogen) atoms. The Labute approximate surface area is 205 Å². The van der Waals surface area contributed by atoms with Gasteiger partial charge < -0.3 is 20.2 Å². The molecule has 7 nitrogen and oxygen atoms in total. The molecule has 0 unspecified atom stereocenters. The monoisotopic (exact) mass is 543 g/mol. The normalized spacial score (nSPS) is 11.4. The smallest absolute Gasteiger partial charge is 0.194 e. The second-order valence-electron chi connectivity index (χ2n) is 7.51. The minimum atomic E-state index is 0. The maximum Gasteiger partial charge on any atom is 0.194 e. The molecule has 0 saturated carbocycles. The number of nitrogens with one attached hydrogen (secondary N) is 3. The highest BCUT2D eigenvalue weighted by Crippen LogP contribution is 2.16. The number of halogens is 1. The van der Waals surface area contributed by atoms with Gasteiger partial charge in [0.05, 0.1) is 29.5 Å². The number of para-hydroxylation sites is 2. The molecule has 0 bridgehead atoms. The first-order valence-electron chi connectivity index (χ1n) is 10.8. The van der Waals surface area contributed by atoms with Gasteiger partial charge >= 0.3 is 0 Å². The molecule has 0 amide bonds. The number of hydrogen-bond acceptors (Lipinski definition) is 3. The van der Waals surface area contributed by atoms with Crippen LogP contribution in [0.2, 0.25) is 0 Å². The third kappa shape index (κ3) is 6.09. The fourth-order valence-electron chi connectivity index (χ4n) is 3.53. The molecule has 2 heterocycles. The molecule has 0 aliphatic rings. The van der Waals surface area contributed by atoms with E-state index in [4.69, 9.17) is 4.99 Å². The number of aromatic amines is 2. The summed E-state index contributed by atoms with van der Waals surface area (Å²) in [7, 11) is 2.03. The first-order chi connectivity index (χ1) is 15.2. The summed E-state index contributed by atoms with van der Waals surface area (Å²) in [5, 5.41) is 3.37. The third-order valence-electron chi connectivity index (χ3n) is 5.07. The van der Waals surface area contributed by atoms with Crippen LogP contribution in [-0.4, -0.2) is 50.9 Å². The van der Waals surface area contributed by atoms with E-state index in [-0.39, 0.29) is 24.0 Å². The fourth-order valence-corrected chi connectivity index (χ4v) is 3.53. The molecular weight excluding hydrogens is 513 g/mol. The van der Waals surface area contributed by atoms with Crippen LogP contribution >= 0.6 is 24.0 Å². The van der Waals surface area contributed by atoms with E-state index >= 15 is 0 Å². The summed E-state index contributed by atoms with van der Waals surface area (Å²) in [6.07, 6.45) is 3.69. The van der Waals surface area contributed by atoms with Gasteiger partial charge in [-0.15, -0.1) is 24.0 Å². The van der Waals surface area contributed by atoms with Crippen LogP contribution in [0.4, 0.5) is 0 Å². The van der Waals surface area contributed by atoms with Gasteiger partial charge in [0.1, 0.15) is 11.6 Å². The maximum absolute atomic E-state index is 4.79. The zero-order valence-corrected chi connectivity index (χ0v) is 20.8. The number of benzene rings is 2. The second kappa shape index (κ2) is 11.7. The largest absolute Gasteiger partial charge is 0.357 e. The highest BCUT2D eigenvalue weighted by molar-refractivity contribution is 14.0. The highest BCUT2D eigenvalue weighted by Gasteiger charge is 2.10. The zero-order valence-electron chi connectivity index (χ0n) is 18.5. The molecule has 168 valence electrons. The van der Waals surface area contributed by atoms with Crippen molar-refractivity contribution < 1.29 is 0 Å². The van der Waals surface area contributed by atoms with Crippen LogP contribution < -0.4 is 5.32 Å². The van der Waals surface area contributed by atoms with E-state index in [1.807, 2.05) is 49.6 Å². The molecular formula is C24H30IN7. The second-order valence-corrected chi connectivity index (χ2v) is 7.51. The topological polar surface area (TPSA) is 85.0 Å². The number of H-pyrrole nitrogens is 2. The van der Waals surface area contributed by atoms with Crippen molar-refractivity contribution in [3.05, 3.63) is 72.4 Å². The number of fused-ring (bicyclic) bond motifs is 1. The van der Waals surface area contributed by atoms with Crippen LogP contribution in [0.3, 0.4) is 0 Å². The molecule has 8 heteroatoms. The summed E-state index contributed by atoms with van der Waals surface area (Å²) in [5.74, 6) is 2.80. The number of aryl methyl sites for hydroxylation is 1. The predicted octanol–water partition coefficient (Wildman–Crippen LogP) is 4.60. The minimum absolute atomic E-state index is 0. The first kappa shape index (κ1) is 23.8. The Balaban J connectivity index is 0.00000289. The molecule has 0 aliphatic heterocycles. The third-order valence-corrected chi connectivity index (χ3v) is 5.07. The lowest BCUT2D eigenvalue weighted by atomic mass is 10.2. The van der Waals surface area contributed by atoms with Crippen molar-refractivity contribution in [2.75, 3.05) is 20.1 Å². The SMILES string of the molecule is CCNC(=NCCCc1nc2ccccc2[nH]1)N(C)Cc1ncc(-c2ccccc2)[nH]1.I. The summed E-state index contributed by atoms with van der Waals surface area (Å²) in [6, 6.07) is 18.4. The van der Waals surface area contributed by atoms with Crippen LogP contribution in [0.5, 0.6) is 0 Å². The van der Waals surface area contributed by atoms with Gasteiger partial charge in [-0.25, -0.2) is 9.97 Å². The van der Waals surface area contributed by atoms with Gasteiger partial charge in [-0.1, -0.05) is 42.5 Å². The molecule has 4 rings (SSSR count). The minimum Gasteiger partial charge on any atom is -0.357 e. The van der Waals surface area contributed by atoms with Gasteiger partial charge in [0.15, 0.2) is 5.96 Å². The number of aliphatic imine (C=N–C) groups is 1. The van der Waals surface area contributed by atoms with Crippen LogP contribution in [0.15, 0.2) is 65.8 Å². The number of imidazole rings is 2. The van der Waals surface area contributed by atoms with Crippen molar-refractivity contribution in [3.8, 4) is 11.3 Å². The summed E-state index contributed by atoms with van der Waals surface area (Å²) in [4.78, 5) is 22.9. The van der Waals surface area contributed by atoms with Crippen LogP contribution in [-0.2, 0) is 13.0 Å². The van der Waals surface area contributed by atoms with E-state index in [1.54, 1.807) is 0 Å². The van der Waals surface area contributed by atoms with Crippen molar-refractivity contribution in [2.45, 2.75) is 26.3 Å². The van der Waals surface area contributed by atoms with Gasteiger partial charge in [-0.2, -0.15) is 0 Å². The van der Waals surface area contributed by atoms with Crippen molar-refractivity contribution in [1.82, 2.24) is 30.2 Å². The molecule has 2 aromatic carbocycles. The maximum atomic E-state index is 4.79. The fraction of sp³-hybridized carbons (Fsp3) is 0.292. The molecule has 0 fully saturated rings. The lowest BCUT2D eigenvalue weighted by Gasteiger charge is -2.21. The van der Waals surface area contributed by atoms with Crippen molar-refractivity contribution in [2.24, 2.45) is 4.99 Å². The summed E-state index contributed by atoms with van der Waals surface area (Å²) >= 11 is 0. The average molecular weight is 543 g/mol. The molecule has 3 N–H and O–H groups in total. The Morgan fingerprint density at radius 3 is 2.59 bits per heavy atom. The summed E-state index contributed by atoms with van der Waals surface area (Å²) in [5.41, 5.74) is 4.26. The van der Waals surface area contributed by atoms with Gasteiger partial charge in [0.25, 0.3) is 0 Å². The highest BCUT2D eigenvalue weighted by atomic mass is 127. The Morgan fingerprint density at radius 2 is 1.81 bits per heavy atom. The number of rotatable bonds is 8. The Hall–Kier alpha value is -2.88. The van der Waals surface area contributed by atoms with E-state index in [0.717, 1.165) is 65.8 Å². The van der Waals surface area contributed by atoms with Gasteiger partial charge in [0.2, 0.25) is 0 Å². The lowest BCUT2D eigenvalue weighted by Crippen LogP contribution is -2.38. The zero-order chi connectivity index (χ0) is 21.5. The van der Waals surface area contributed by atoms with Crippen LogP contribution in [0, 0.1) is 0 Å². The van der Waals surface area contributed by atoms with Crippen molar-refractivity contribution in [1.29, 1.82) is 0 Å². The number of hydrogen-bond donors (Lipinski definition) is 3. The summed E-state index contributed by atoms with van der Waals surface area (Å²) in [6.45, 7) is 4.29. The Kier molecular flexibility index (Phi) is 8.66. The van der Waals surface area contributed by atoms with Crippen molar-refractivity contribution in [3.63, 3.8) is 0 Å². The predicted molar refractivity (Wildman–Crippen MR) is 141 cm³/mol. The lowest BCUT2D eigenvalue weighted by molar-refractivity contribution is 0.463. The molecule has 2 aromatic heterocycles. The quantitative estimate of drug-likeness (QED) is 0.131. The van der Waals surface area contributed by atoms with E-state index in [2.05, 4.69) is 55.3 Å². The molecule has 0 spiro atoms. The van der Waals surface area contributed by atoms with E-state index < -0.39 is 0 Å².